The van der Waals surface area contributed by atoms with Crippen molar-refractivity contribution in [2.24, 2.45) is 0 Å². The van der Waals surface area contributed by atoms with Crippen molar-refractivity contribution < 1.29 is 9.59 Å². The number of carbonyl (C=O) groups excluding carboxylic acids is 2. The lowest BCUT2D eigenvalue weighted by atomic mass is 9.77. The average Bonchev–Trinajstić information content (AvgIpc) is 3.00. The number of fused-ring (bicyclic) bond motifs is 2. The average molecular weight is 384 g/mol. The number of pyridine rings is 1. The SMILES string of the molecule is C=C1NC(=O)C2(CCc3cc(C(=O)Nc4nccc5ccccc45)ccc3C2)N1. The Morgan fingerprint density at radius 3 is 2.83 bits per heavy atom. The second kappa shape index (κ2) is 6.44. The lowest BCUT2D eigenvalue weighted by Crippen LogP contribution is -2.50. The van der Waals surface area contributed by atoms with Crippen molar-refractivity contribution in [2.75, 3.05) is 5.32 Å². The molecule has 6 nitrogen and oxygen atoms in total. The molecule has 144 valence electrons. The molecule has 3 N–H and O–H groups in total. The molecule has 0 radical (unpaired) electrons. The predicted octanol–water partition coefficient (Wildman–Crippen LogP) is 2.91. The van der Waals surface area contributed by atoms with E-state index < -0.39 is 5.54 Å². The summed E-state index contributed by atoms with van der Waals surface area (Å²) in [7, 11) is 0. The number of aryl methyl sites for hydroxylation is 1. The van der Waals surface area contributed by atoms with Crippen molar-refractivity contribution in [3.63, 3.8) is 0 Å². The first-order valence-corrected chi connectivity index (χ1v) is 9.60. The van der Waals surface area contributed by atoms with Gasteiger partial charge in [-0.3, -0.25) is 9.59 Å². The van der Waals surface area contributed by atoms with E-state index >= 15 is 0 Å². The number of benzene rings is 2. The zero-order chi connectivity index (χ0) is 20.0. The van der Waals surface area contributed by atoms with Gasteiger partial charge in [0.1, 0.15) is 11.4 Å². The first-order valence-electron chi connectivity index (χ1n) is 9.60. The molecule has 2 heterocycles. The van der Waals surface area contributed by atoms with Crippen LogP contribution < -0.4 is 16.0 Å². The van der Waals surface area contributed by atoms with Crippen LogP contribution in [0.1, 0.15) is 27.9 Å². The molecule has 1 unspecified atom stereocenters. The topological polar surface area (TPSA) is 83.1 Å². The molecule has 0 saturated carbocycles. The Hall–Kier alpha value is -3.67. The van der Waals surface area contributed by atoms with E-state index in [-0.39, 0.29) is 11.8 Å². The number of hydrogen-bond acceptors (Lipinski definition) is 4. The molecular weight excluding hydrogens is 364 g/mol. The van der Waals surface area contributed by atoms with Crippen LogP contribution in [0.15, 0.2) is 67.1 Å². The van der Waals surface area contributed by atoms with Crippen molar-refractivity contribution >= 4 is 28.4 Å². The van der Waals surface area contributed by atoms with Gasteiger partial charge in [0, 0.05) is 23.6 Å². The number of amides is 2. The van der Waals surface area contributed by atoms with Gasteiger partial charge in [0.15, 0.2) is 0 Å². The molecule has 5 rings (SSSR count). The van der Waals surface area contributed by atoms with Crippen LogP contribution in [-0.4, -0.2) is 22.3 Å². The minimum absolute atomic E-state index is 0.0306. The maximum absolute atomic E-state index is 12.8. The lowest BCUT2D eigenvalue weighted by Gasteiger charge is -2.32. The molecule has 1 aliphatic heterocycles. The number of rotatable bonds is 2. The number of nitrogens with zero attached hydrogens (tertiary/aromatic N) is 1. The first-order chi connectivity index (χ1) is 14.0. The fraction of sp³-hybridized carbons (Fsp3) is 0.174. The van der Waals surface area contributed by atoms with Gasteiger partial charge in [-0.05, 0) is 47.6 Å². The van der Waals surface area contributed by atoms with Gasteiger partial charge in [-0.2, -0.15) is 0 Å². The molecule has 1 fully saturated rings. The monoisotopic (exact) mass is 384 g/mol. The minimum Gasteiger partial charge on any atom is -0.358 e. The molecular formula is C23H20N4O2. The summed E-state index contributed by atoms with van der Waals surface area (Å²) in [5.74, 6) is 0.881. The largest absolute Gasteiger partial charge is 0.358 e. The molecule has 29 heavy (non-hydrogen) atoms. The molecule has 1 aromatic heterocycles. The zero-order valence-electron chi connectivity index (χ0n) is 15.8. The zero-order valence-corrected chi connectivity index (χ0v) is 15.8. The normalized spacial score (nSPS) is 20.3. The Labute approximate surface area is 168 Å². The highest BCUT2D eigenvalue weighted by molar-refractivity contribution is 6.08. The molecule has 2 aromatic carbocycles. The standard InChI is InChI=1S/C23H20N4O2/c1-14-25-22(29)23(27-14)10-8-16-12-17(6-7-18(16)13-23)21(28)26-20-19-5-3-2-4-15(19)9-11-24-20/h2-7,9,11-12,27H,1,8,10,13H2,(H,25,29)(H,24,26,28). The van der Waals surface area contributed by atoms with Crippen LogP contribution in [0.4, 0.5) is 5.82 Å². The van der Waals surface area contributed by atoms with Crippen molar-refractivity contribution in [2.45, 2.75) is 24.8 Å². The Bertz CT molecular complexity index is 1180. The molecule has 1 saturated heterocycles. The Kier molecular flexibility index (Phi) is 3.87. The second-order valence-corrected chi connectivity index (χ2v) is 7.63. The van der Waals surface area contributed by atoms with E-state index in [2.05, 4.69) is 27.5 Å². The van der Waals surface area contributed by atoms with E-state index in [9.17, 15) is 9.59 Å². The van der Waals surface area contributed by atoms with Crippen LogP contribution in [0.5, 0.6) is 0 Å². The highest BCUT2D eigenvalue weighted by Gasteiger charge is 2.45. The van der Waals surface area contributed by atoms with Crippen molar-refractivity contribution in [1.82, 2.24) is 15.6 Å². The van der Waals surface area contributed by atoms with Gasteiger partial charge < -0.3 is 16.0 Å². The highest BCUT2D eigenvalue weighted by atomic mass is 16.2. The Morgan fingerprint density at radius 2 is 2.00 bits per heavy atom. The predicted molar refractivity (Wildman–Crippen MR) is 111 cm³/mol. The fourth-order valence-corrected chi connectivity index (χ4v) is 4.27. The van der Waals surface area contributed by atoms with Gasteiger partial charge in [0.25, 0.3) is 11.8 Å². The van der Waals surface area contributed by atoms with Gasteiger partial charge in [-0.25, -0.2) is 4.98 Å². The summed E-state index contributed by atoms with van der Waals surface area (Å²) < 4.78 is 0. The van der Waals surface area contributed by atoms with E-state index in [4.69, 9.17) is 0 Å². The van der Waals surface area contributed by atoms with Gasteiger partial charge in [0.2, 0.25) is 0 Å². The number of aromatic nitrogens is 1. The van der Waals surface area contributed by atoms with Crippen molar-refractivity contribution in [3.8, 4) is 0 Å². The van der Waals surface area contributed by atoms with Gasteiger partial charge >= 0.3 is 0 Å². The fourth-order valence-electron chi connectivity index (χ4n) is 4.27. The third kappa shape index (κ3) is 2.93. The lowest BCUT2D eigenvalue weighted by molar-refractivity contribution is -0.124. The van der Waals surface area contributed by atoms with E-state index in [1.54, 1.807) is 12.3 Å². The van der Waals surface area contributed by atoms with Gasteiger partial charge in [-0.1, -0.05) is 36.9 Å². The molecule has 1 aliphatic carbocycles. The third-order valence-electron chi connectivity index (χ3n) is 5.78. The molecule has 2 amide bonds. The van der Waals surface area contributed by atoms with E-state index in [1.807, 2.05) is 42.5 Å². The smallest absolute Gasteiger partial charge is 0.256 e. The molecule has 0 bridgehead atoms. The summed E-state index contributed by atoms with van der Waals surface area (Å²) in [6.45, 7) is 3.81. The summed E-state index contributed by atoms with van der Waals surface area (Å²) in [6, 6.07) is 15.4. The summed E-state index contributed by atoms with van der Waals surface area (Å²) in [4.78, 5) is 29.5. The first kappa shape index (κ1) is 17.4. The Balaban J connectivity index is 1.40. The summed E-state index contributed by atoms with van der Waals surface area (Å²) in [6.07, 6.45) is 3.66. The summed E-state index contributed by atoms with van der Waals surface area (Å²) >= 11 is 0. The van der Waals surface area contributed by atoms with E-state index in [0.717, 1.165) is 28.3 Å². The summed E-state index contributed by atoms with van der Waals surface area (Å²) in [5.41, 5.74) is 2.14. The third-order valence-corrected chi connectivity index (χ3v) is 5.78. The Morgan fingerprint density at radius 1 is 1.14 bits per heavy atom. The van der Waals surface area contributed by atoms with Gasteiger partial charge in [0.05, 0.1) is 5.82 Å². The maximum Gasteiger partial charge on any atom is 0.256 e. The number of anilines is 1. The van der Waals surface area contributed by atoms with Crippen LogP contribution >= 0.6 is 0 Å². The van der Waals surface area contributed by atoms with E-state index in [1.165, 1.54) is 0 Å². The maximum atomic E-state index is 12.8. The quantitative estimate of drug-likeness (QED) is 0.634. The van der Waals surface area contributed by atoms with Crippen LogP contribution in [0.2, 0.25) is 0 Å². The van der Waals surface area contributed by atoms with Crippen molar-refractivity contribution in [1.29, 1.82) is 0 Å². The van der Waals surface area contributed by atoms with Gasteiger partial charge in [-0.15, -0.1) is 0 Å². The summed E-state index contributed by atoms with van der Waals surface area (Å²) in [5, 5.41) is 10.8. The van der Waals surface area contributed by atoms with E-state index in [0.29, 0.717) is 30.0 Å². The molecule has 3 aromatic rings. The van der Waals surface area contributed by atoms with Crippen LogP contribution in [0.25, 0.3) is 10.8 Å². The minimum atomic E-state index is -0.624. The highest BCUT2D eigenvalue weighted by Crippen LogP contribution is 2.33. The van der Waals surface area contributed by atoms with Crippen LogP contribution in [0.3, 0.4) is 0 Å². The molecule has 1 spiro atoms. The molecule has 2 aliphatic rings. The molecule has 1 atom stereocenters. The van der Waals surface area contributed by atoms with Crippen LogP contribution in [0, 0.1) is 0 Å². The number of nitrogens with one attached hydrogen (secondary N) is 3. The number of hydrogen-bond donors (Lipinski definition) is 3. The molecule has 6 heteroatoms. The van der Waals surface area contributed by atoms with Crippen molar-refractivity contribution in [3.05, 3.63) is 83.8 Å². The van der Waals surface area contributed by atoms with Crippen LogP contribution in [-0.2, 0) is 17.6 Å². The second-order valence-electron chi connectivity index (χ2n) is 7.63. The number of carbonyl (C=O) groups is 2.